The summed E-state index contributed by atoms with van der Waals surface area (Å²) < 4.78 is 17.0. The van der Waals surface area contributed by atoms with Crippen molar-refractivity contribution >= 4 is 12.2 Å². The lowest BCUT2D eigenvalue weighted by Gasteiger charge is -2.26. The zero-order valence-corrected chi connectivity index (χ0v) is 16.0. The molecule has 2 aromatic rings. The molecular formula is C20H27N3O4. The first-order valence-electron chi connectivity index (χ1n) is 9.40. The third-order valence-electron chi connectivity index (χ3n) is 4.85. The third-order valence-corrected chi connectivity index (χ3v) is 4.85. The van der Waals surface area contributed by atoms with Crippen LogP contribution in [-0.4, -0.2) is 48.5 Å². The van der Waals surface area contributed by atoms with Gasteiger partial charge in [0.2, 0.25) is 0 Å². The van der Waals surface area contributed by atoms with Gasteiger partial charge in [-0.3, -0.25) is 9.09 Å². The zero-order chi connectivity index (χ0) is 19.1. The summed E-state index contributed by atoms with van der Waals surface area (Å²) in [6, 6.07) is 5.62. The molecule has 7 heteroatoms. The van der Waals surface area contributed by atoms with Gasteiger partial charge in [0.05, 0.1) is 14.2 Å². The van der Waals surface area contributed by atoms with Crippen LogP contribution in [0.2, 0.25) is 0 Å². The van der Waals surface area contributed by atoms with Crippen LogP contribution in [0, 0.1) is 0 Å². The molecule has 0 bridgehead atoms. The summed E-state index contributed by atoms with van der Waals surface area (Å²) in [4.78, 5) is 14.4. The molecule has 0 unspecified atom stereocenters. The highest BCUT2D eigenvalue weighted by molar-refractivity contribution is 5.68. The van der Waals surface area contributed by atoms with E-state index in [2.05, 4.69) is 10.1 Å². The van der Waals surface area contributed by atoms with E-state index in [1.165, 1.54) is 19.3 Å². The van der Waals surface area contributed by atoms with E-state index >= 15 is 0 Å². The summed E-state index contributed by atoms with van der Waals surface area (Å²) in [6.45, 7) is 3.91. The smallest absolute Gasteiger partial charge is 0.441 e. The van der Waals surface area contributed by atoms with E-state index in [1.807, 2.05) is 24.3 Å². The van der Waals surface area contributed by atoms with Gasteiger partial charge in [-0.15, -0.1) is 0 Å². The van der Waals surface area contributed by atoms with Gasteiger partial charge >= 0.3 is 5.76 Å². The minimum absolute atomic E-state index is 0.416. The van der Waals surface area contributed by atoms with Crippen molar-refractivity contribution in [2.45, 2.75) is 32.2 Å². The first kappa shape index (κ1) is 19.2. The fraction of sp³-hybridized carbons (Fsp3) is 0.500. The average Bonchev–Trinajstić information content (AvgIpc) is 3.06. The topological polar surface area (TPSA) is 69.7 Å². The second-order valence-corrected chi connectivity index (χ2v) is 6.66. The molecule has 0 atom stereocenters. The Morgan fingerprint density at radius 1 is 1.07 bits per heavy atom. The molecular weight excluding hydrogens is 346 g/mol. The predicted molar refractivity (Wildman–Crippen MR) is 104 cm³/mol. The minimum Gasteiger partial charge on any atom is -0.493 e. The summed E-state index contributed by atoms with van der Waals surface area (Å²) in [5.41, 5.74) is 0.919. The predicted octanol–water partition coefficient (Wildman–Crippen LogP) is 2.90. The maximum absolute atomic E-state index is 12.0. The molecule has 0 saturated carbocycles. The first-order chi connectivity index (χ1) is 13.2. The lowest BCUT2D eigenvalue weighted by molar-refractivity contribution is 0.222. The maximum atomic E-state index is 12.0. The van der Waals surface area contributed by atoms with Crippen molar-refractivity contribution in [3.05, 3.63) is 40.1 Å². The molecule has 1 aromatic carbocycles. The number of hydrogen-bond donors (Lipinski definition) is 0. The normalized spacial score (nSPS) is 15.3. The third kappa shape index (κ3) is 5.01. The molecule has 0 aliphatic carbocycles. The number of benzene rings is 1. The van der Waals surface area contributed by atoms with Gasteiger partial charge in [0, 0.05) is 6.54 Å². The van der Waals surface area contributed by atoms with Crippen molar-refractivity contribution in [3.63, 3.8) is 0 Å². The number of methoxy groups -OCH3 is 2. The van der Waals surface area contributed by atoms with Crippen LogP contribution in [0.3, 0.4) is 0 Å². The van der Waals surface area contributed by atoms with Crippen LogP contribution in [0.1, 0.15) is 37.1 Å². The Kier molecular flexibility index (Phi) is 6.70. The number of piperidine rings is 1. The number of hydrogen-bond acceptors (Lipinski definition) is 6. The Labute approximate surface area is 159 Å². The maximum Gasteiger partial charge on any atom is 0.441 e. The fourth-order valence-corrected chi connectivity index (χ4v) is 3.37. The summed E-state index contributed by atoms with van der Waals surface area (Å²) in [5.74, 6) is 1.43. The van der Waals surface area contributed by atoms with E-state index in [1.54, 1.807) is 24.9 Å². The molecule has 1 saturated heterocycles. The molecule has 2 heterocycles. The van der Waals surface area contributed by atoms with Crippen molar-refractivity contribution in [1.82, 2.24) is 14.6 Å². The van der Waals surface area contributed by atoms with Crippen LogP contribution in [0.15, 0.2) is 27.5 Å². The summed E-state index contributed by atoms with van der Waals surface area (Å²) in [7, 11) is 3.20. The first-order valence-corrected chi connectivity index (χ1v) is 9.40. The molecule has 146 valence electrons. The zero-order valence-electron chi connectivity index (χ0n) is 16.0. The summed E-state index contributed by atoms with van der Waals surface area (Å²) in [5, 5.41) is 3.89. The van der Waals surface area contributed by atoms with Crippen molar-refractivity contribution in [2.75, 3.05) is 33.9 Å². The number of likely N-dealkylation sites (tertiary alicyclic amines) is 1. The van der Waals surface area contributed by atoms with Gasteiger partial charge in [-0.2, -0.15) is 0 Å². The van der Waals surface area contributed by atoms with Crippen LogP contribution in [0.25, 0.3) is 12.2 Å². The van der Waals surface area contributed by atoms with Gasteiger partial charge < -0.3 is 14.4 Å². The largest absolute Gasteiger partial charge is 0.493 e. The second kappa shape index (κ2) is 9.41. The van der Waals surface area contributed by atoms with Crippen LogP contribution in [-0.2, 0) is 6.54 Å². The molecule has 1 aliphatic heterocycles. The molecule has 1 aromatic heterocycles. The van der Waals surface area contributed by atoms with Crippen LogP contribution in [0.5, 0.6) is 11.5 Å². The Balaban J connectivity index is 1.65. The van der Waals surface area contributed by atoms with Gasteiger partial charge in [0.1, 0.15) is 0 Å². The highest BCUT2D eigenvalue weighted by atomic mass is 16.5. The van der Waals surface area contributed by atoms with Crippen molar-refractivity contribution in [2.24, 2.45) is 0 Å². The van der Waals surface area contributed by atoms with Crippen LogP contribution < -0.4 is 15.2 Å². The van der Waals surface area contributed by atoms with E-state index in [-0.39, 0.29) is 0 Å². The van der Waals surface area contributed by atoms with Crippen molar-refractivity contribution in [3.8, 4) is 11.5 Å². The van der Waals surface area contributed by atoms with Crippen LogP contribution >= 0.6 is 0 Å². The van der Waals surface area contributed by atoms with E-state index in [0.717, 1.165) is 31.6 Å². The van der Waals surface area contributed by atoms with Crippen molar-refractivity contribution in [1.29, 1.82) is 0 Å². The standard InChI is InChI=1S/C20H27N3O4/c1-25-17-9-7-16(15-18(17)26-2)8-10-19-21-27-20(24)23(19)14-6-13-22-11-4-3-5-12-22/h7-10,15H,3-6,11-14H2,1-2H3/b10-8+. The lowest BCUT2D eigenvalue weighted by Crippen LogP contribution is -2.31. The molecule has 1 fully saturated rings. The summed E-state index contributed by atoms with van der Waals surface area (Å²) >= 11 is 0. The minimum atomic E-state index is -0.416. The van der Waals surface area contributed by atoms with Crippen LogP contribution in [0.4, 0.5) is 0 Å². The second-order valence-electron chi connectivity index (χ2n) is 6.66. The van der Waals surface area contributed by atoms with Crippen molar-refractivity contribution < 1.29 is 14.0 Å². The van der Waals surface area contributed by atoms with E-state index in [4.69, 9.17) is 14.0 Å². The number of ether oxygens (including phenoxy) is 2. The number of nitrogens with zero attached hydrogens (tertiary/aromatic N) is 3. The summed E-state index contributed by atoms with van der Waals surface area (Å²) in [6.07, 6.45) is 8.43. The average molecular weight is 373 g/mol. The molecule has 0 amide bonds. The molecule has 27 heavy (non-hydrogen) atoms. The molecule has 0 spiro atoms. The quantitative estimate of drug-likeness (QED) is 0.709. The highest BCUT2D eigenvalue weighted by Gasteiger charge is 2.12. The van der Waals surface area contributed by atoms with Gasteiger partial charge in [-0.25, -0.2) is 4.79 Å². The van der Waals surface area contributed by atoms with Gasteiger partial charge in [0.15, 0.2) is 17.3 Å². The molecule has 1 aliphatic rings. The molecule has 0 N–H and O–H groups in total. The van der Waals surface area contributed by atoms with Gasteiger partial charge in [0.25, 0.3) is 0 Å². The number of aromatic nitrogens is 2. The van der Waals surface area contributed by atoms with Gasteiger partial charge in [-0.1, -0.05) is 23.7 Å². The van der Waals surface area contributed by atoms with E-state index < -0.39 is 5.76 Å². The lowest BCUT2D eigenvalue weighted by atomic mass is 10.1. The highest BCUT2D eigenvalue weighted by Crippen LogP contribution is 2.28. The van der Waals surface area contributed by atoms with E-state index in [9.17, 15) is 4.79 Å². The number of rotatable bonds is 8. The SMILES string of the molecule is COc1ccc(/C=C/c2noc(=O)n2CCCN2CCCCC2)cc1OC. The Morgan fingerprint density at radius 3 is 2.59 bits per heavy atom. The Morgan fingerprint density at radius 2 is 1.85 bits per heavy atom. The Bertz CT molecular complexity index is 819. The molecule has 0 radical (unpaired) electrons. The monoisotopic (exact) mass is 373 g/mol. The van der Waals surface area contributed by atoms with E-state index in [0.29, 0.717) is 23.9 Å². The molecule has 7 nitrogen and oxygen atoms in total. The Hall–Kier alpha value is -2.54. The molecule has 3 rings (SSSR count). The fourth-order valence-electron chi connectivity index (χ4n) is 3.37. The van der Waals surface area contributed by atoms with Gasteiger partial charge in [-0.05, 0) is 62.7 Å².